The van der Waals surface area contributed by atoms with Crippen molar-refractivity contribution in [3.05, 3.63) is 35.4 Å². The van der Waals surface area contributed by atoms with Gasteiger partial charge in [-0.05, 0) is 26.5 Å². The molecule has 112 valence electrons. The maximum atomic E-state index is 12.0. The van der Waals surface area contributed by atoms with Crippen LogP contribution in [0.5, 0.6) is 0 Å². The smallest absolute Gasteiger partial charge is 0.284 e. The first-order valence-electron chi connectivity index (χ1n) is 6.85. The molecule has 0 atom stereocenters. The van der Waals surface area contributed by atoms with Crippen LogP contribution in [0.25, 0.3) is 0 Å². The Balaban J connectivity index is 2.01. The Morgan fingerprint density at radius 3 is 2.10 bits per heavy atom. The van der Waals surface area contributed by atoms with Gasteiger partial charge in [0.25, 0.3) is 0 Å². The number of benzene rings is 1. The summed E-state index contributed by atoms with van der Waals surface area (Å²) in [7, 11) is 1.81. The van der Waals surface area contributed by atoms with Crippen LogP contribution in [-0.4, -0.2) is 52.8 Å². The summed E-state index contributed by atoms with van der Waals surface area (Å²) in [6, 6.07) is 7.49. The second-order valence-electron chi connectivity index (χ2n) is 5.21. The molecule has 0 N–H and O–H groups in total. The molecular formula is C15H19N3O3. The second kappa shape index (κ2) is 6.05. The minimum absolute atomic E-state index is 0.105. The van der Waals surface area contributed by atoms with Crippen LogP contribution in [0.2, 0.25) is 0 Å². The van der Waals surface area contributed by atoms with Crippen molar-refractivity contribution in [3.63, 3.8) is 0 Å². The van der Waals surface area contributed by atoms with Crippen LogP contribution in [0.1, 0.15) is 18.1 Å². The molecule has 1 aromatic carbocycles. The Kier molecular flexibility index (Phi) is 4.37. The summed E-state index contributed by atoms with van der Waals surface area (Å²) in [5, 5.41) is 0. The molecular weight excluding hydrogens is 270 g/mol. The Labute approximate surface area is 123 Å². The third-order valence-corrected chi connectivity index (χ3v) is 3.41. The number of nitrogens with zero attached hydrogens (tertiary/aromatic N) is 3. The molecule has 1 heterocycles. The van der Waals surface area contributed by atoms with Crippen LogP contribution in [0.15, 0.2) is 24.3 Å². The molecule has 2 rings (SSSR count). The van der Waals surface area contributed by atoms with E-state index in [1.165, 1.54) is 5.56 Å². The van der Waals surface area contributed by atoms with Gasteiger partial charge in [0.15, 0.2) is 0 Å². The maximum Gasteiger partial charge on any atom is 0.335 e. The fraction of sp³-hybridized carbons (Fsp3) is 0.400. The molecule has 1 aliphatic heterocycles. The molecule has 0 aromatic heterocycles. The Hall–Kier alpha value is -2.21. The standard InChI is InChI=1S/C15H19N3O3/c1-4-17-13(19)14(20)18(15(17)21)10-16(3)9-12-7-5-11(2)6-8-12/h5-8H,4,9-10H2,1-3H3. The third-order valence-electron chi connectivity index (χ3n) is 3.41. The van der Waals surface area contributed by atoms with Gasteiger partial charge >= 0.3 is 17.8 Å². The van der Waals surface area contributed by atoms with E-state index in [1.54, 1.807) is 14.0 Å². The van der Waals surface area contributed by atoms with E-state index in [9.17, 15) is 14.4 Å². The summed E-state index contributed by atoms with van der Waals surface area (Å²) in [6.07, 6.45) is 0. The van der Waals surface area contributed by atoms with Gasteiger partial charge < -0.3 is 0 Å². The molecule has 1 saturated heterocycles. The third kappa shape index (κ3) is 3.11. The number of carbonyl (C=O) groups is 3. The zero-order valence-electron chi connectivity index (χ0n) is 12.5. The number of amides is 4. The topological polar surface area (TPSA) is 60.9 Å². The molecule has 0 saturated carbocycles. The van der Waals surface area contributed by atoms with Crippen molar-refractivity contribution in [1.29, 1.82) is 0 Å². The first kappa shape index (κ1) is 15.2. The van der Waals surface area contributed by atoms with Crippen molar-refractivity contribution in [2.45, 2.75) is 20.4 Å². The van der Waals surface area contributed by atoms with E-state index >= 15 is 0 Å². The molecule has 0 unspecified atom stereocenters. The normalized spacial score (nSPS) is 15.5. The van der Waals surface area contributed by atoms with E-state index < -0.39 is 17.8 Å². The van der Waals surface area contributed by atoms with Gasteiger partial charge in [0.1, 0.15) is 0 Å². The highest BCUT2D eigenvalue weighted by atomic mass is 16.2. The zero-order chi connectivity index (χ0) is 15.6. The van der Waals surface area contributed by atoms with Crippen molar-refractivity contribution < 1.29 is 14.4 Å². The number of aryl methyl sites for hydroxylation is 1. The number of hydrogen-bond acceptors (Lipinski definition) is 4. The van der Waals surface area contributed by atoms with E-state index in [1.807, 2.05) is 36.1 Å². The van der Waals surface area contributed by atoms with Crippen molar-refractivity contribution in [3.8, 4) is 0 Å². The number of hydrogen-bond donors (Lipinski definition) is 0. The van der Waals surface area contributed by atoms with E-state index in [4.69, 9.17) is 0 Å². The Bertz CT molecular complexity index is 568. The first-order valence-corrected chi connectivity index (χ1v) is 6.85. The van der Waals surface area contributed by atoms with E-state index in [0.717, 1.165) is 15.4 Å². The van der Waals surface area contributed by atoms with Crippen LogP contribution in [0.4, 0.5) is 4.79 Å². The summed E-state index contributed by atoms with van der Waals surface area (Å²) >= 11 is 0. The lowest BCUT2D eigenvalue weighted by Crippen LogP contribution is -2.40. The monoisotopic (exact) mass is 289 g/mol. The molecule has 4 amide bonds. The van der Waals surface area contributed by atoms with Crippen LogP contribution < -0.4 is 0 Å². The number of imide groups is 2. The predicted molar refractivity (Wildman–Crippen MR) is 77.1 cm³/mol. The quantitative estimate of drug-likeness (QED) is 0.603. The number of likely N-dealkylation sites (N-methyl/N-ethyl adjacent to an activating group) is 1. The average molecular weight is 289 g/mol. The lowest BCUT2D eigenvalue weighted by Gasteiger charge is -2.22. The van der Waals surface area contributed by atoms with E-state index in [0.29, 0.717) is 6.54 Å². The van der Waals surface area contributed by atoms with Gasteiger partial charge in [0.05, 0.1) is 6.67 Å². The Morgan fingerprint density at radius 1 is 1.00 bits per heavy atom. The maximum absolute atomic E-state index is 12.0. The van der Waals surface area contributed by atoms with Crippen LogP contribution in [0, 0.1) is 6.92 Å². The van der Waals surface area contributed by atoms with Gasteiger partial charge in [-0.15, -0.1) is 0 Å². The molecule has 21 heavy (non-hydrogen) atoms. The lowest BCUT2D eigenvalue weighted by atomic mass is 10.1. The number of rotatable bonds is 5. The SMILES string of the molecule is CCN1C(=O)C(=O)N(CN(C)Cc2ccc(C)cc2)C1=O. The molecule has 1 aliphatic rings. The van der Waals surface area contributed by atoms with Crippen molar-refractivity contribution in [2.24, 2.45) is 0 Å². The summed E-state index contributed by atoms with van der Waals surface area (Å²) in [6.45, 7) is 4.59. The van der Waals surface area contributed by atoms with Gasteiger partial charge in [-0.3, -0.25) is 19.4 Å². The minimum Gasteiger partial charge on any atom is -0.284 e. The van der Waals surface area contributed by atoms with Crippen molar-refractivity contribution >= 4 is 17.8 Å². The minimum atomic E-state index is -0.752. The average Bonchev–Trinajstić information content (AvgIpc) is 2.65. The Morgan fingerprint density at radius 2 is 1.57 bits per heavy atom. The summed E-state index contributed by atoms with van der Waals surface area (Å²) < 4.78 is 0. The lowest BCUT2D eigenvalue weighted by molar-refractivity contribution is -0.143. The highest BCUT2D eigenvalue weighted by molar-refractivity contribution is 6.44. The number of carbonyl (C=O) groups excluding carboxylic acids is 3. The fourth-order valence-electron chi connectivity index (χ4n) is 2.25. The highest BCUT2D eigenvalue weighted by Gasteiger charge is 2.43. The first-order chi connectivity index (χ1) is 9.93. The van der Waals surface area contributed by atoms with Gasteiger partial charge in [-0.1, -0.05) is 29.8 Å². The molecule has 6 heteroatoms. The molecule has 1 fully saturated rings. The summed E-state index contributed by atoms with van der Waals surface area (Å²) in [5.74, 6) is -1.50. The van der Waals surface area contributed by atoms with Crippen LogP contribution in [-0.2, 0) is 16.1 Å². The van der Waals surface area contributed by atoms with Gasteiger partial charge in [0, 0.05) is 13.1 Å². The molecule has 0 radical (unpaired) electrons. The van der Waals surface area contributed by atoms with Crippen LogP contribution in [0.3, 0.4) is 0 Å². The van der Waals surface area contributed by atoms with E-state index in [2.05, 4.69) is 0 Å². The van der Waals surface area contributed by atoms with Crippen LogP contribution >= 0.6 is 0 Å². The second-order valence-corrected chi connectivity index (χ2v) is 5.21. The van der Waals surface area contributed by atoms with Crippen molar-refractivity contribution in [1.82, 2.24) is 14.7 Å². The fourth-order valence-corrected chi connectivity index (χ4v) is 2.25. The molecule has 1 aromatic rings. The molecule has 0 aliphatic carbocycles. The largest absolute Gasteiger partial charge is 0.335 e. The van der Waals surface area contributed by atoms with Gasteiger partial charge in [-0.25, -0.2) is 9.69 Å². The molecule has 0 bridgehead atoms. The van der Waals surface area contributed by atoms with E-state index in [-0.39, 0.29) is 13.2 Å². The predicted octanol–water partition coefficient (Wildman–Crippen LogP) is 1.20. The highest BCUT2D eigenvalue weighted by Crippen LogP contribution is 2.13. The zero-order valence-corrected chi connectivity index (χ0v) is 12.5. The summed E-state index contributed by atoms with van der Waals surface area (Å²) in [4.78, 5) is 39.2. The molecule has 6 nitrogen and oxygen atoms in total. The van der Waals surface area contributed by atoms with Gasteiger partial charge in [-0.2, -0.15) is 0 Å². The molecule has 0 spiro atoms. The number of urea groups is 1. The summed E-state index contributed by atoms with van der Waals surface area (Å²) in [5.41, 5.74) is 2.26. The van der Waals surface area contributed by atoms with Crippen molar-refractivity contribution in [2.75, 3.05) is 20.3 Å². The van der Waals surface area contributed by atoms with Gasteiger partial charge in [0.2, 0.25) is 0 Å².